The highest BCUT2D eigenvalue weighted by Crippen LogP contribution is 2.40. The molecule has 0 radical (unpaired) electrons. The van der Waals surface area contributed by atoms with Gasteiger partial charge in [-0.25, -0.2) is 8.78 Å². The van der Waals surface area contributed by atoms with Gasteiger partial charge < -0.3 is 0 Å². The van der Waals surface area contributed by atoms with Crippen molar-refractivity contribution in [2.24, 2.45) is 0 Å². The van der Waals surface area contributed by atoms with Crippen LogP contribution in [0.2, 0.25) is 0 Å². The molecule has 1 aromatic rings. The van der Waals surface area contributed by atoms with Gasteiger partial charge in [-0.15, -0.1) is 0 Å². The van der Waals surface area contributed by atoms with Gasteiger partial charge in [-0.05, 0) is 6.07 Å². The van der Waals surface area contributed by atoms with E-state index in [9.17, 15) is 35.1 Å². The van der Waals surface area contributed by atoms with E-state index >= 15 is 0 Å². The number of pyridine rings is 1. The summed E-state index contributed by atoms with van der Waals surface area (Å²) in [6, 6.07) is -0.250. The van der Waals surface area contributed by atoms with Crippen LogP contribution in [0.5, 0.6) is 0 Å². The van der Waals surface area contributed by atoms with E-state index in [1.807, 2.05) is 0 Å². The van der Waals surface area contributed by atoms with Crippen LogP contribution >= 0.6 is 0 Å². The Morgan fingerprint density at radius 3 is 1.82 bits per heavy atom. The maximum atomic E-state index is 12.2. The Hall–Kier alpha value is -1.41. The summed E-state index contributed by atoms with van der Waals surface area (Å²) in [7, 11) is 0. The maximum Gasteiger partial charge on any atom is 0.433 e. The Morgan fingerprint density at radius 2 is 1.47 bits per heavy atom. The second-order valence-corrected chi connectivity index (χ2v) is 2.96. The molecule has 0 atom stereocenters. The van der Waals surface area contributed by atoms with Gasteiger partial charge in [0.2, 0.25) is 0 Å². The molecule has 0 N–H and O–H groups in total. The predicted molar refractivity (Wildman–Crippen MR) is 39.2 cm³/mol. The summed E-state index contributed by atoms with van der Waals surface area (Å²) in [4.78, 5) is 2.41. The molecule has 96 valence electrons. The van der Waals surface area contributed by atoms with Gasteiger partial charge in [0.15, 0.2) is 5.69 Å². The van der Waals surface area contributed by atoms with Crippen LogP contribution in [-0.4, -0.2) is 4.98 Å². The van der Waals surface area contributed by atoms with Crippen molar-refractivity contribution in [1.82, 2.24) is 4.98 Å². The second-order valence-electron chi connectivity index (χ2n) is 2.96. The number of hydrogen-bond acceptors (Lipinski definition) is 1. The van der Waals surface area contributed by atoms with Crippen molar-refractivity contribution in [1.29, 1.82) is 0 Å². The van der Waals surface area contributed by atoms with Crippen molar-refractivity contribution < 1.29 is 35.1 Å². The van der Waals surface area contributed by atoms with Crippen molar-refractivity contribution in [2.45, 2.75) is 18.8 Å². The number of nitrogens with zero attached hydrogens (tertiary/aromatic N) is 1. The number of hydrogen-bond donors (Lipinski definition) is 0. The molecule has 0 saturated heterocycles. The first-order chi connectivity index (χ1) is 7.53. The van der Waals surface area contributed by atoms with Gasteiger partial charge in [-0.2, -0.15) is 26.3 Å². The zero-order chi connectivity index (χ0) is 13.4. The number of aromatic nitrogens is 1. The molecule has 1 aromatic heterocycles. The standard InChI is InChI=1S/C8H3F8N/c9-6(10)3-1-4(7(11,12)13)5(17-2-3)8(14,15)16/h1-2,6H. The largest absolute Gasteiger partial charge is 0.433 e. The van der Waals surface area contributed by atoms with E-state index in [0.717, 1.165) is 0 Å². The second kappa shape index (κ2) is 4.11. The molecular weight excluding hydrogens is 262 g/mol. The van der Waals surface area contributed by atoms with E-state index in [1.165, 1.54) is 0 Å². The van der Waals surface area contributed by atoms with Crippen LogP contribution in [0.15, 0.2) is 12.3 Å². The number of alkyl halides is 8. The molecule has 0 saturated carbocycles. The van der Waals surface area contributed by atoms with Crippen LogP contribution in [0.3, 0.4) is 0 Å². The smallest absolute Gasteiger partial charge is 0.251 e. The van der Waals surface area contributed by atoms with Gasteiger partial charge in [0.1, 0.15) is 0 Å². The topological polar surface area (TPSA) is 12.9 Å². The molecule has 0 aromatic carbocycles. The fraction of sp³-hybridized carbons (Fsp3) is 0.375. The first-order valence-corrected chi connectivity index (χ1v) is 3.96. The molecule has 0 aliphatic heterocycles. The first-order valence-electron chi connectivity index (χ1n) is 3.96. The highest BCUT2D eigenvalue weighted by molar-refractivity contribution is 5.30. The third-order valence-electron chi connectivity index (χ3n) is 1.73. The van der Waals surface area contributed by atoms with Crippen LogP contribution in [0.25, 0.3) is 0 Å². The zero-order valence-corrected chi connectivity index (χ0v) is 7.70. The van der Waals surface area contributed by atoms with Gasteiger partial charge in [0, 0.05) is 11.8 Å². The molecule has 1 rings (SSSR count). The molecule has 9 heteroatoms. The van der Waals surface area contributed by atoms with E-state index in [4.69, 9.17) is 0 Å². The molecule has 17 heavy (non-hydrogen) atoms. The summed E-state index contributed by atoms with van der Waals surface area (Å²) in [5.74, 6) is 0. The average Bonchev–Trinajstić information content (AvgIpc) is 2.14. The summed E-state index contributed by atoms with van der Waals surface area (Å²) >= 11 is 0. The van der Waals surface area contributed by atoms with E-state index in [1.54, 1.807) is 0 Å². The predicted octanol–water partition coefficient (Wildman–Crippen LogP) is 4.06. The van der Waals surface area contributed by atoms with Crippen LogP contribution in [0, 0.1) is 0 Å². The Labute approximate surface area is 89.1 Å². The van der Waals surface area contributed by atoms with Gasteiger partial charge >= 0.3 is 12.4 Å². The minimum atomic E-state index is -5.40. The summed E-state index contributed by atoms with van der Waals surface area (Å²) < 4.78 is 97.3. The fourth-order valence-electron chi connectivity index (χ4n) is 1.04. The Bertz CT molecular complexity index is 405. The third-order valence-corrected chi connectivity index (χ3v) is 1.73. The molecule has 0 unspecified atom stereocenters. The summed E-state index contributed by atoms with van der Waals surface area (Å²) in [5.41, 5.74) is -5.66. The first kappa shape index (κ1) is 13.7. The van der Waals surface area contributed by atoms with Crippen LogP contribution in [0.4, 0.5) is 35.1 Å². The van der Waals surface area contributed by atoms with Gasteiger partial charge in [0.25, 0.3) is 6.43 Å². The number of rotatable bonds is 1. The van der Waals surface area contributed by atoms with Crippen molar-refractivity contribution in [3.63, 3.8) is 0 Å². The SMILES string of the molecule is FC(F)c1cnc(C(F)(F)F)c(C(F)(F)F)c1. The molecular formula is C8H3F8N. The maximum absolute atomic E-state index is 12.2. The van der Waals surface area contributed by atoms with Crippen LogP contribution < -0.4 is 0 Å². The lowest BCUT2D eigenvalue weighted by Gasteiger charge is -2.15. The lowest BCUT2D eigenvalue weighted by Crippen LogP contribution is -2.19. The minimum Gasteiger partial charge on any atom is -0.251 e. The van der Waals surface area contributed by atoms with Crippen molar-refractivity contribution >= 4 is 0 Å². The highest BCUT2D eigenvalue weighted by Gasteiger charge is 2.45. The minimum absolute atomic E-state index is 0.0722. The summed E-state index contributed by atoms with van der Waals surface area (Å²) in [5, 5.41) is 0. The average molecular weight is 265 g/mol. The molecule has 0 fully saturated rings. The molecule has 1 heterocycles. The normalized spacial score (nSPS) is 13.2. The lowest BCUT2D eigenvalue weighted by atomic mass is 10.1. The zero-order valence-electron chi connectivity index (χ0n) is 7.70. The quantitative estimate of drug-likeness (QED) is 0.698. The van der Waals surface area contributed by atoms with Crippen LogP contribution in [0.1, 0.15) is 23.2 Å². The summed E-state index contributed by atoms with van der Waals surface area (Å²) in [6.07, 6.45) is -14.0. The van der Waals surface area contributed by atoms with E-state index < -0.39 is 35.6 Å². The summed E-state index contributed by atoms with van der Waals surface area (Å²) in [6.45, 7) is 0. The Morgan fingerprint density at radius 1 is 0.941 bits per heavy atom. The van der Waals surface area contributed by atoms with Gasteiger partial charge in [0.05, 0.1) is 5.56 Å². The molecule has 0 bridgehead atoms. The molecule has 1 nitrogen and oxygen atoms in total. The molecule has 0 spiro atoms. The molecule has 0 aliphatic carbocycles. The van der Waals surface area contributed by atoms with Crippen molar-refractivity contribution in [3.05, 3.63) is 29.1 Å². The van der Waals surface area contributed by atoms with Crippen molar-refractivity contribution in [2.75, 3.05) is 0 Å². The molecule has 0 aliphatic rings. The van der Waals surface area contributed by atoms with E-state index in [0.29, 0.717) is 0 Å². The Kier molecular flexibility index (Phi) is 3.30. The van der Waals surface area contributed by atoms with Gasteiger partial charge in [-0.1, -0.05) is 0 Å². The Balaban J connectivity index is 3.43. The van der Waals surface area contributed by atoms with Gasteiger partial charge in [-0.3, -0.25) is 4.98 Å². The fourth-order valence-corrected chi connectivity index (χ4v) is 1.04. The lowest BCUT2D eigenvalue weighted by molar-refractivity contribution is -0.164. The monoisotopic (exact) mass is 265 g/mol. The van der Waals surface area contributed by atoms with E-state index in [2.05, 4.69) is 4.98 Å². The van der Waals surface area contributed by atoms with Crippen molar-refractivity contribution in [3.8, 4) is 0 Å². The van der Waals surface area contributed by atoms with Crippen LogP contribution in [-0.2, 0) is 12.4 Å². The third kappa shape index (κ3) is 3.04. The van der Waals surface area contributed by atoms with E-state index in [-0.39, 0.29) is 12.3 Å². The highest BCUT2D eigenvalue weighted by atomic mass is 19.4. The molecule has 0 amide bonds. The number of halogens is 8.